The molecule has 0 saturated carbocycles. The van der Waals surface area contributed by atoms with Gasteiger partial charge in [-0.1, -0.05) is 26.7 Å². The second kappa shape index (κ2) is 9.09. The molecule has 0 unspecified atom stereocenters. The van der Waals surface area contributed by atoms with Crippen LogP contribution in [0.2, 0.25) is 0 Å². The van der Waals surface area contributed by atoms with E-state index < -0.39 is 0 Å². The first kappa shape index (κ1) is 14.8. The second-order valence-corrected chi connectivity index (χ2v) is 3.91. The molecular weight excluding hydrogens is 196 g/mol. The van der Waals surface area contributed by atoms with Crippen molar-refractivity contribution in [2.24, 2.45) is 5.41 Å². The third kappa shape index (κ3) is 6.10. The van der Waals surface area contributed by atoms with Crippen LogP contribution in [-0.2, 0) is 9.47 Å². The number of hydrogen-bond acceptors (Lipinski definition) is 4. The van der Waals surface area contributed by atoms with E-state index >= 15 is 0 Å². The van der Waals surface area contributed by atoms with Crippen LogP contribution in [0.1, 0.15) is 39.5 Å². The molecule has 0 aromatic rings. The Balaban J connectivity index is 4.16. The Hall–Kier alpha value is -0.160. The summed E-state index contributed by atoms with van der Waals surface area (Å²) in [7, 11) is 0. The summed E-state index contributed by atoms with van der Waals surface area (Å²) in [6, 6.07) is 0. The minimum atomic E-state index is -0.257. The van der Waals surface area contributed by atoms with Crippen LogP contribution in [0.3, 0.4) is 0 Å². The van der Waals surface area contributed by atoms with Gasteiger partial charge in [-0.3, -0.25) is 0 Å². The van der Waals surface area contributed by atoms with Crippen LogP contribution in [0.4, 0.5) is 0 Å². The minimum absolute atomic E-state index is 0.0680. The van der Waals surface area contributed by atoms with Crippen LogP contribution in [0.25, 0.3) is 0 Å². The lowest BCUT2D eigenvalue weighted by molar-refractivity contribution is -0.0986. The van der Waals surface area contributed by atoms with Gasteiger partial charge in [0.2, 0.25) is 0 Å². The Morgan fingerprint density at radius 3 is 1.87 bits per heavy atom. The van der Waals surface area contributed by atoms with Crippen molar-refractivity contribution in [2.45, 2.75) is 39.5 Å². The Labute approximate surface area is 92.2 Å². The zero-order valence-corrected chi connectivity index (χ0v) is 9.87. The molecule has 0 bridgehead atoms. The number of rotatable bonds is 10. The van der Waals surface area contributed by atoms with E-state index in [0.717, 1.165) is 25.7 Å². The molecule has 0 rings (SSSR count). The summed E-state index contributed by atoms with van der Waals surface area (Å²) in [5.41, 5.74) is -0.0680. The monoisotopic (exact) mass is 220 g/mol. The average molecular weight is 220 g/mol. The van der Waals surface area contributed by atoms with Gasteiger partial charge in [0.05, 0.1) is 13.2 Å². The summed E-state index contributed by atoms with van der Waals surface area (Å²) in [5, 5.41) is 17.3. The first-order chi connectivity index (χ1) is 7.24. The maximum Gasteiger partial charge on any atom is 0.143 e. The van der Waals surface area contributed by atoms with E-state index in [1.807, 2.05) is 0 Å². The smallest absolute Gasteiger partial charge is 0.143 e. The van der Waals surface area contributed by atoms with Gasteiger partial charge in [-0.2, -0.15) is 0 Å². The minimum Gasteiger partial charge on any atom is -0.371 e. The van der Waals surface area contributed by atoms with Gasteiger partial charge in [0.15, 0.2) is 0 Å². The Morgan fingerprint density at radius 1 is 1.00 bits per heavy atom. The second-order valence-electron chi connectivity index (χ2n) is 3.91. The van der Waals surface area contributed by atoms with Gasteiger partial charge >= 0.3 is 0 Å². The Bertz CT molecular complexity index is 117. The van der Waals surface area contributed by atoms with E-state index in [1.165, 1.54) is 0 Å². The predicted octanol–water partition coefficient (Wildman–Crippen LogP) is 1.51. The maximum absolute atomic E-state index is 8.66. The summed E-state index contributed by atoms with van der Waals surface area (Å²) in [4.78, 5) is 0. The highest BCUT2D eigenvalue weighted by Gasteiger charge is 2.28. The average Bonchev–Trinajstić information content (AvgIpc) is 2.29. The molecule has 4 heteroatoms. The number of aliphatic hydroxyl groups is 2. The van der Waals surface area contributed by atoms with Gasteiger partial charge in [0.25, 0.3) is 0 Å². The van der Waals surface area contributed by atoms with E-state index in [1.54, 1.807) is 0 Å². The SMILES string of the molecule is CCCCC(CC)(COCO)COCO. The highest BCUT2D eigenvalue weighted by molar-refractivity contribution is 4.77. The molecule has 92 valence electrons. The third-order valence-electron chi connectivity index (χ3n) is 2.81. The molecule has 4 nitrogen and oxygen atoms in total. The van der Waals surface area contributed by atoms with Crippen molar-refractivity contribution in [1.29, 1.82) is 0 Å². The molecule has 0 aromatic carbocycles. The largest absolute Gasteiger partial charge is 0.371 e. The van der Waals surface area contributed by atoms with Crippen LogP contribution in [0, 0.1) is 5.41 Å². The van der Waals surface area contributed by atoms with Gasteiger partial charge in [0.1, 0.15) is 13.6 Å². The predicted molar refractivity (Wildman–Crippen MR) is 58.3 cm³/mol. The van der Waals surface area contributed by atoms with Crippen molar-refractivity contribution >= 4 is 0 Å². The van der Waals surface area contributed by atoms with Gasteiger partial charge in [-0.25, -0.2) is 0 Å². The van der Waals surface area contributed by atoms with Crippen molar-refractivity contribution in [2.75, 3.05) is 26.8 Å². The molecule has 0 aliphatic heterocycles. The lowest BCUT2D eigenvalue weighted by Crippen LogP contribution is -2.32. The van der Waals surface area contributed by atoms with Crippen LogP contribution >= 0.6 is 0 Å². The summed E-state index contributed by atoms with van der Waals surface area (Å²) in [6.45, 7) is 4.68. The summed E-state index contributed by atoms with van der Waals surface area (Å²) >= 11 is 0. The van der Waals surface area contributed by atoms with Crippen LogP contribution in [0.5, 0.6) is 0 Å². The van der Waals surface area contributed by atoms with E-state index in [-0.39, 0.29) is 19.0 Å². The van der Waals surface area contributed by atoms with E-state index in [4.69, 9.17) is 19.7 Å². The highest BCUT2D eigenvalue weighted by Crippen LogP contribution is 2.29. The summed E-state index contributed by atoms with van der Waals surface area (Å²) in [5.74, 6) is 0. The first-order valence-corrected chi connectivity index (χ1v) is 5.62. The molecule has 15 heavy (non-hydrogen) atoms. The van der Waals surface area contributed by atoms with Crippen LogP contribution in [-0.4, -0.2) is 37.0 Å². The van der Waals surface area contributed by atoms with Crippen molar-refractivity contribution in [3.05, 3.63) is 0 Å². The first-order valence-electron chi connectivity index (χ1n) is 5.62. The van der Waals surface area contributed by atoms with Gasteiger partial charge in [-0.15, -0.1) is 0 Å². The fourth-order valence-electron chi connectivity index (χ4n) is 1.64. The molecule has 0 spiro atoms. The molecule has 0 aromatic heterocycles. The van der Waals surface area contributed by atoms with Gasteiger partial charge in [-0.05, 0) is 12.8 Å². The topological polar surface area (TPSA) is 58.9 Å². The summed E-state index contributed by atoms with van der Waals surface area (Å²) in [6.07, 6.45) is 4.16. The Morgan fingerprint density at radius 2 is 1.53 bits per heavy atom. The normalized spacial score (nSPS) is 12.0. The van der Waals surface area contributed by atoms with E-state index in [0.29, 0.717) is 13.2 Å². The zero-order chi connectivity index (χ0) is 11.6. The molecule has 0 fully saturated rings. The highest BCUT2D eigenvalue weighted by atomic mass is 16.6. The fraction of sp³-hybridized carbons (Fsp3) is 1.00. The maximum atomic E-state index is 8.66. The molecule has 0 radical (unpaired) electrons. The third-order valence-corrected chi connectivity index (χ3v) is 2.81. The molecule has 0 saturated heterocycles. The molecule has 0 heterocycles. The van der Waals surface area contributed by atoms with Crippen molar-refractivity contribution in [1.82, 2.24) is 0 Å². The van der Waals surface area contributed by atoms with Crippen molar-refractivity contribution in [3.8, 4) is 0 Å². The van der Waals surface area contributed by atoms with Gasteiger partial charge in [0, 0.05) is 5.41 Å². The van der Waals surface area contributed by atoms with Gasteiger partial charge < -0.3 is 19.7 Å². The van der Waals surface area contributed by atoms with Crippen molar-refractivity contribution in [3.63, 3.8) is 0 Å². The molecule has 0 aliphatic rings. The zero-order valence-electron chi connectivity index (χ0n) is 9.87. The fourth-order valence-corrected chi connectivity index (χ4v) is 1.64. The molecule has 0 atom stereocenters. The van der Waals surface area contributed by atoms with E-state index in [2.05, 4.69) is 13.8 Å². The number of aliphatic hydroxyl groups excluding tert-OH is 2. The molecule has 0 amide bonds. The van der Waals surface area contributed by atoms with Crippen LogP contribution in [0.15, 0.2) is 0 Å². The number of ether oxygens (including phenoxy) is 2. The molecule has 2 N–H and O–H groups in total. The lowest BCUT2D eigenvalue weighted by atomic mass is 9.82. The van der Waals surface area contributed by atoms with Crippen LogP contribution < -0.4 is 0 Å². The van der Waals surface area contributed by atoms with Crippen molar-refractivity contribution < 1.29 is 19.7 Å². The standard InChI is InChI=1S/C11H24O4/c1-3-5-6-11(4-2,7-14-9-12)8-15-10-13/h12-13H,3-10H2,1-2H3. The summed E-state index contributed by atoms with van der Waals surface area (Å²) < 4.78 is 10.2. The molecular formula is C11H24O4. The Kier molecular flexibility index (Phi) is 9.00. The number of unbranched alkanes of at least 4 members (excludes halogenated alkanes) is 1. The van der Waals surface area contributed by atoms with E-state index in [9.17, 15) is 0 Å². The molecule has 0 aliphatic carbocycles. The number of hydrogen-bond donors (Lipinski definition) is 2. The lowest BCUT2D eigenvalue weighted by Gasteiger charge is -2.31. The quantitative estimate of drug-likeness (QED) is 0.548.